The SMILES string of the molecule is CCOc1cc(C)c(-c2nc3ccccc3c(=O)n2N=Cc2cccc(OCc3ccc(C)cc3)c2)cc1C(C)C. The van der Waals surface area contributed by atoms with E-state index in [4.69, 9.17) is 14.5 Å². The van der Waals surface area contributed by atoms with Crippen molar-refractivity contribution in [1.82, 2.24) is 9.66 Å². The lowest BCUT2D eigenvalue weighted by Crippen LogP contribution is -2.20. The van der Waals surface area contributed by atoms with E-state index in [2.05, 4.69) is 56.2 Å². The van der Waals surface area contributed by atoms with Crippen LogP contribution in [-0.4, -0.2) is 22.5 Å². The molecule has 0 saturated carbocycles. The van der Waals surface area contributed by atoms with Crippen LogP contribution in [0.15, 0.2) is 94.8 Å². The van der Waals surface area contributed by atoms with Crippen LogP contribution in [0.3, 0.4) is 0 Å². The number of fused-ring (bicyclic) bond motifs is 1. The van der Waals surface area contributed by atoms with Crippen molar-refractivity contribution in [3.8, 4) is 22.9 Å². The number of aryl methyl sites for hydroxylation is 2. The molecule has 0 spiro atoms. The van der Waals surface area contributed by atoms with Gasteiger partial charge in [0.25, 0.3) is 5.56 Å². The predicted octanol–water partition coefficient (Wildman–Crippen LogP) is 7.66. The van der Waals surface area contributed by atoms with E-state index < -0.39 is 0 Å². The van der Waals surface area contributed by atoms with Crippen molar-refractivity contribution in [3.05, 3.63) is 123 Å². The minimum atomic E-state index is -0.229. The Balaban J connectivity index is 1.55. The number of hydrogen-bond acceptors (Lipinski definition) is 5. The van der Waals surface area contributed by atoms with Gasteiger partial charge in [0.2, 0.25) is 0 Å². The largest absolute Gasteiger partial charge is 0.494 e. The van der Waals surface area contributed by atoms with Gasteiger partial charge in [-0.15, -0.1) is 0 Å². The highest BCUT2D eigenvalue weighted by molar-refractivity contribution is 5.82. The van der Waals surface area contributed by atoms with Gasteiger partial charge in [0, 0.05) is 5.56 Å². The average molecular weight is 546 g/mol. The van der Waals surface area contributed by atoms with Crippen LogP contribution in [0, 0.1) is 13.8 Å². The first-order valence-electron chi connectivity index (χ1n) is 14.0. The third-order valence-corrected chi connectivity index (χ3v) is 6.98. The normalized spacial score (nSPS) is 11.5. The Morgan fingerprint density at radius 2 is 1.71 bits per heavy atom. The van der Waals surface area contributed by atoms with Gasteiger partial charge in [-0.2, -0.15) is 9.78 Å². The molecular weight excluding hydrogens is 510 g/mol. The van der Waals surface area contributed by atoms with E-state index in [1.165, 1.54) is 10.2 Å². The van der Waals surface area contributed by atoms with E-state index in [0.717, 1.165) is 39.3 Å². The predicted molar refractivity (Wildman–Crippen MR) is 166 cm³/mol. The number of rotatable bonds is 9. The third kappa shape index (κ3) is 6.22. The van der Waals surface area contributed by atoms with Crippen LogP contribution < -0.4 is 15.0 Å². The highest BCUT2D eigenvalue weighted by Crippen LogP contribution is 2.34. The lowest BCUT2D eigenvalue weighted by atomic mass is 9.96. The highest BCUT2D eigenvalue weighted by Gasteiger charge is 2.18. The van der Waals surface area contributed by atoms with Gasteiger partial charge in [0.1, 0.15) is 18.1 Å². The summed E-state index contributed by atoms with van der Waals surface area (Å²) in [4.78, 5) is 18.7. The number of nitrogens with zero attached hydrogens (tertiary/aromatic N) is 3. The number of benzene rings is 4. The fraction of sp³-hybridized carbons (Fsp3) is 0.229. The summed E-state index contributed by atoms with van der Waals surface area (Å²) in [6.45, 7) is 11.4. The highest BCUT2D eigenvalue weighted by atomic mass is 16.5. The Morgan fingerprint density at radius 1 is 0.927 bits per heavy atom. The van der Waals surface area contributed by atoms with Gasteiger partial charge in [0.15, 0.2) is 5.82 Å². The van der Waals surface area contributed by atoms with Crippen molar-refractivity contribution in [2.75, 3.05) is 6.61 Å². The van der Waals surface area contributed by atoms with E-state index in [0.29, 0.717) is 29.9 Å². The van der Waals surface area contributed by atoms with E-state index in [1.54, 1.807) is 12.3 Å². The Hall–Kier alpha value is -4.71. The second kappa shape index (κ2) is 12.2. The summed E-state index contributed by atoms with van der Waals surface area (Å²) < 4.78 is 13.4. The zero-order chi connectivity index (χ0) is 28.9. The molecule has 208 valence electrons. The molecule has 0 bridgehead atoms. The summed E-state index contributed by atoms with van der Waals surface area (Å²) in [5.74, 6) is 2.29. The maximum Gasteiger partial charge on any atom is 0.282 e. The molecular formula is C35H35N3O3. The summed E-state index contributed by atoms with van der Waals surface area (Å²) >= 11 is 0. The molecule has 5 rings (SSSR count). The summed E-state index contributed by atoms with van der Waals surface area (Å²) in [7, 11) is 0. The monoisotopic (exact) mass is 545 g/mol. The molecule has 1 heterocycles. The molecule has 0 N–H and O–H groups in total. The fourth-order valence-corrected chi connectivity index (χ4v) is 4.74. The Bertz CT molecular complexity index is 1770. The Labute approximate surface area is 240 Å². The first-order valence-corrected chi connectivity index (χ1v) is 14.0. The zero-order valence-electron chi connectivity index (χ0n) is 24.2. The van der Waals surface area contributed by atoms with Gasteiger partial charge in [-0.05, 0) is 85.3 Å². The summed E-state index contributed by atoms with van der Waals surface area (Å²) in [5, 5.41) is 5.19. The topological polar surface area (TPSA) is 65.7 Å². The van der Waals surface area contributed by atoms with Crippen molar-refractivity contribution < 1.29 is 9.47 Å². The van der Waals surface area contributed by atoms with Crippen LogP contribution >= 0.6 is 0 Å². The number of para-hydroxylation sites is 1. The molecule has 0 aliphatic carbocycles. The fourth-order valence-electron chi connectivity index (χ4n) is 4.74. The van der Waals surface area contributed by atoms with Crippen molar-refractivity contribution in [3.63, 3.8) is 0 Å². The third-order valence-electron chi connectivity index (χ3n) is 6.98. The van der Waals surface area contributed by atoms with Crippen LogP contribution in [0.4, 0.5) is 0 Å². The lowest BCUT2D eigenvalue weighted by molar-refractivity contribution is 0.306. The van der Waals surface area contributed by atoms with Gasteiger partial charge < -0.3 is 9.47 Å². The maximum atomic E-state index is 13.8. The van der Waals surface area contributed by atoms with E-state index >= 15 is 0 Å². The minimum absolute atomic E-state index is 0.225. The van der Waals surface area contributed by atoms with Crippen molar-refractivity contribution in [2.24, 2.45) is 5.10 Å². The summed E-state index contributed by atoms with van der Waals surface area (Å²) in [5.41, 5.74) is 6.37. The minimum Gasteiger partial charge on any atom is -0.494 e. The molecule has 0 saturated heterocycles. The van der Waals surface area contributed by atoms with Crippen LogP contribution in [0.5, 0.6) is 11.5 Å². The first kappa shape index (κ1) is 27.8. The molecule has 0 atom stereocenters. The van der Waals surface area contributed by atoms with Gasteiger partial charge >= 0.3 is 0 Å². The van der Waals surface area contributed by atoms with Crippen LogP contribution in [0.25, 0.3) is 22.3 Å². The quantitative estimate of drug-likeness (QED) is 0.178. The second-order valence-corrected chi connectivity index (χ2v) is 10.5. The molecule has 0 aliphatic rings. The molecule has 0 radical (unpaired) electrons. The van der Waals surface area contributed by atoms with Gasteiger partial charge in [0.05, 0.1) is 23.7 Å². The molecule has 0 unspecified atom stereocenters. The first-order chi connectivity index (χ1) is 19.8. The van der Waals surface area contributed by atoms with E-state index in [1.807, 2.05) is 62.4 Å². The average Bonchev–Trinajstić information content (AvgIpc) is 2.97. The number of ether oxygens (including phenoxy) is 2. The summed E-state index contributed by atoms with van der Waals surface area (Å²) in [6, 6.07) is 27.4. The lowest BCUT2D eigenvalue weighted by Gasteiger charge is -2.18. The molecule has 0 amide bonds. The van der Waals surface area contributed by atoms with Crippen LogP contribution in [0.2, 0.25) is 0 Å². The molecule has 4 aromatic carbocycles. The molecule has 6 nitrogen and oxygen atoms in total. The maximum absolute atomic E-state index is 13.8. The molecule has 0 fully saturated rings. The Kier molecular flexibility index (Phi) is 8.29. The molecule has 1 aromatic heterocycles. The summed E-state index contributed by atoms with van der Waals surface area (Å²) in [6.07, 6.45) is 1.67. The van der Waals surface area contributed by atoms with Gasteiger partial charge in [-0.1, -0.05) is 67.9 Å². The molecule has 41 heavy (non-hydrogen) atoms. The van der Waals surface area contributed by atoms with Crippen LogP contribution in [-0.2, 0) is 6.61 Å². The smallest absolute Gasteiger partial charge is 0.282 e. The number of hydrogen-bond donors (Lipinski definition) is 0. The molecule has 6 heteroatoms. The van der Waals surface area contributed by atoms with Gasteiger partial charge in [-0.3, -0.25) is 4.79 Å². The van der Waals surface area contributed by atoms with Crippen molar-refractivity contribution >= 4 is 17.1 Å². The Morgan fingerprint density at radius 3 is 2.46 bits per heavy atom. The standard InChI is InChI=1S/C35H35N3O3/c1-6-40-33-18-25(5)31(20-30(33)23(2)3)34-37-32-13-8-7-12-29(32)35(39)38(34)36-21-27-10-9-11-28(19-27)41-22-26-16-14-24(4)15-17-26/h7-21,23H,6,22H2,1-5H3. The molecule has 0 aliphatic heterocycles. The van der Waals surface area contributed by atoms with E-state index in [9.17, 15) is 4.79 Å². The van der Waals surface area contributed by atoms with Crippen molar-refractivity contribution in [2.45, 2.75) is 47.1 Å². The van der Waals surface area contributed by atoms with Crippen molar-refractivity contribution in [1.29, 1.82) is 0 Å². The zero-order valence-corrected chi connectivity index (χ0v) is 24.2. The second-order valence-electron chi connectivity index (χ2n) is 10.5. The molecule has 5 aromatic rings. The van der Waals surface area contributed by atoms with Crippen LogP contribution in [0.1, 0.15) is 54.5 Å². The van der Waals surface area contributed by atoms with Gasteiger partial charge in [-0.25, -0.2) is 4.98 Å². The number of aromatic nitrogens is 2. The van der Waals surface area contributed by atoms with E-state index in [-0.39, 0.29) is 11.5 Å².